The van der Waals surface area contributed by atoms with E-state index in [1.807, 2.05) is 0 Å². The van der Waals surface area contributed by atoms with Gasteiger partial charge in [0.25, 0.3) is 5.69 Å². The fourth-order valence-corrected chi connectivity index (χ4v) is 2.57. The number of sulfone groups is 1. The molecule has 0 radical (unpaired) electrons. The Kier molecular flexibility index (Phi) is 3.99. The molecule has 8 nitrogen and oxygen atoms in total. The molecule has 0 aliphatic rings. The average Bonchev–Trinajstić information content (AvgIpc) is 2.28. The smallest absolute Gasteiger partial charge is 0.269 e. The lowest BCUT2D eigenvalue weighted by atomic mass is 10.3. The summed E-state index contributed by atoms with van der Waals surface area (Å²) in [5, 5.41) is 10.4. The van der Waals surface area contributed by atoms with Crippen molar-refractivity contribution in [2.45, 2.75) is 10.9 Å². The highest BCUT2D eigenvalue weighted by Gasteiger charge is 2.22. The normalized spacial score (nSPS) is 12.9. The molecular formula is C9H11N3O5S. The Labute approximate surface area is 103 Å². The number of nitro groups is 1. The first-order chi connectivity index (χ1) is 8.24. The Morgan fingerprint density at radius 3 is 2.22 bits per heavy atom. The summed E-state index contributed by atoms with van der Waals surface area (Å²) in [4.78, 5) is 20.3. The molecular weight excluding hydrogens is 262 g/mol. The molecule has 1 aromatic carbocycles. The molecule has 1 unspecified atom stereocenters. The zero-order valence-corrected chi connectivity index (χ0v) is 9.96. The number of amides is 1. The van der Waals surface area contributed by atoms with E-state index in [9.17, 15) is 23.3 Å². The zero-order chi connectivity index (χ0) is 13.9. The topological polar surface area (TPSA) is 146 Å². The van der Waals surface area contributed by atoms with Gasteiger partial charge in [-0.05, 0) is 12.1 Å². The van der Waals surface area contributed by atoms with E-state index >= 15 is 0 Å². The van der Waals surface area contributed by atoms with Gasteiger partial charge in [-0.1, -0.05) is 0 Å². The Balaban J connectivity index is 2.99. The maximum Gasteiger partial charge on any atom is 0.269 e. The molecule has 1 rings (SSSR count). The number of hydrogen-bond acceptors (Lipinski definition) is 6. The number of nitro benzene ring substituents is 1. The maximum absolute atomic E-state index is 11.8. The van der Waals surface area contributed by atoms with Crippen molar-refractivity contribution in [1.29, 1.82) is 0 Å². The van der Waals surface area contributed by atoms with Crippen LogP contribution in [0.5, 0.6) is 0 Å². The number of non-ortho nitro benzene ring substituents is 1. The number of carbonyl (C=O) groups excluding carboxylic acids is 1. The van der Waals surface area contributed by atoms with Gasteiger partial charge in [0.1, 0.15) is 0 Å². The standard InChI is InChI=1S/C9H11N3O5S/c10-8(9(11)13)5-18(16,17)7-3-1-6(2-4-7)12(14)15/h1-4,8H,5,10H2,(H2,11,13). The third-order valence-corrected chi connectivity index (χ3v) is 3.96. The molecule has 98 valence electrons. The molecule has 0 aliphatic heterocycles. The number of primary amides is 1. The van der Waals surface area contributed by atoms with Gasteiger partial charge in [-0.2, -0.15) is 0 Å². The highest BCUT2D eigenvalue weighted by atomic mass is 32.2. The van der Waals surface area contributed by atoms with Gasteiger partial charge in [-0.3, -0.25) is 14.9 Å². The van der Waals surface area contributed by atoms with Gasteiger partial charge in [0.05, 0.1) is 21.6 Å². The number of benzene rings is 1. The largest absolute Gasteiger partial charge is 0.368 e. The van der Waals surface area contributed by atoms with Crippen LogP contribution in [0.2, 0.25) is 0 Å². The Hall–Kier alpha value is -2.00. The van der Waals surface area contributed by atoms with Gasteiger partial charge in [0.15, 0.2) is 9.84 Å². The number of carbonyl (C=O) groups is 1. The lowest BCUT2D eigenvalue weighted by molar-refractivity contribution is -0.384. The van der Waals surface area contributed by atoms with Crippen LogP contribution in [0.1, 0.15) is 0 Å². The first kappa shape index (κ1) is 14.1. The molecule has 18 heavy (non-hydrogen) atoms. The fourth-order valence-electron chi connectivity index (χ4n) is 1.19. The van der Waals surface area contributed by atoms with E-state index in [2.05, 4.69) is 0 Å². The second kappa shape index (κ2) is 5.10. The van der Waals surface area contributed by atoms with Crippen molar-refractivity contribution in [1.82, 2.24) is 0 Å². The van der Waals surface area contributed by atoms with Gasteiger partial charge < -0.3 is 11.5 Å². The van der Waals surface area contributed by atoms with E-state index in [-0.39, 0.29) is 10.6 Å². The number of nitrogens with zero attached hydrogens (tertiary/aromatic N) is 1. The van der Waals surface area contributed by atoms with Crippen LogP contribution in [0.4, 0.5) is 5.69 Å². The van der Waals surface area contributed by atoms with E-state index in [0.29, 0.717) is 0 Å². The van der Waals surface area contributed by atoms with Crippen LogP contribution < -0.4 is 11.5 Å². The molecule has 0 spiro atoms. The summed E-state index contributed by atoms with van der Waals surface area (Å²) in [6.07, 6.45) is 0. The molecule has 0 heterocycles. The Morgan fingerprint density at radius 1 is 1.33 bits per heavy atom. The predicted octanol–water partition coefficient (Wildman–Crippen LogP) is -0.819. The zero-order valence-electron chi connectivity index (χ0n) is 9.15. The summed E-state index contributed by atoms with van der Waals surface area (Å²) >= 11 is 0. The van der Waals surface area contributed by atoms with Crippen molar-refractivity contribution in [2.75, 3.05) is 5.75 Å². The number of rotatable bonds is 5. The quantitative estimate of drug-likeness (QED) is 0.529. The average molecular weight is 273 g/mol. The summed E-state index contributed by atoms with van der Waals surface area (Å²) in [5.74, 6) is -1.57. The maximum atomic E-state index is 11.8. The van der Waals surface area contributed by atoms with E-state index in [4.69, 9.17) is 11.5 Å². The molecule has 1 aromatic rings. The van der Waals surface area contributed by atoms with Crippen molar-refractivity contribution in [3.8, 4) is 0 Å². The van der Waals surface area contributed by atoms with Crippen molar-refractivity contribution in [2.24, 2.45) is 11.5 Å². The predicted molar refractivity (Wildman–Crippen MR) is 62.3 cm³/mol. The Bertz CT molecular complexity index is 566. The molecule has 0 fully saturated rings. The third-order valence-electron chi connectivity index (χ3n) is 2.17. The Morgan fingerprint density at radius 2 is 1.83 bits per heavy atom. The summed E-state index contributed by atoms with van der Waals surface area (Å²) in [5.41, 5.74) is 9.89. The molecule has 0 aromatic heterocycles. The molecule has 0 saturated heterocycles. The molecule has 0 aliphatic carbocycles. The van der Waals surface area contributed by atoms with Gasteiger partial charge in [0.2, 0.25) is 5.91 Å². The minimum atomic E-state index is -3.80. The van der Waals surface area contributed by atoms with Crippen LogP contribution >= 0.6 is 0 Å². The monoisotopic (exact) mass is 273 g/mol. The molecule has 9 heteroatoms. The summed E-state index contributed by atoms with van der Waals surface area (Å²) in [7, 11) is -3.80. The van der Waals surface area contributed by atoms with Gasteiger partial charge in [-0.15, -0.1) is 0 Å². The minimum Gasteiger partial charge on any atom is -0.368 e. The lowest BCUT2D eigenvalue weighted by Gasteiger charge is -2.08. The highest BCUT2D eigenvalue weighted by molar-refractivity contribution is 7.91. The molecule has 1 amide bonds. The summed E-state index contributed by atoms with van der Waals surface area (Å²) in [6, 6.07) is 2.97. The van der Waals surface area contributed by atoms with E-state index in [0.717, 1.165) is 24.3 Å². The first-order valence-corrected chi connectivity index (χ1v) is 6.41. The van der Waals surface area contributed by atoms with E-state index in [1.54, 1.807) is 0 Å². The fraction of sp³-hybridized carbons (Fsp3) is 0.222. The summed E-state index contributed by atoms with van der Waals surface area (Å²) in [6.45, 7) is 0. The van der Waals surface area contributed by atoms with Crippen molar-refractivity contribution >= 4 is 21.4 Å². The second-order valence-electron chi connectivity index (χ2n) is 3.54. The van der Waals surface area contributed by atoms with Crippen LogP contribution in [0.3, 0.4) is 0 Å². The van der Waals surface area contributed by atoms with Gasteiger partial charge in [-0.25, -0.2) is 8.42 Å². The molecule has 0 bridgehead atoms. The van der Waals surface area contributed by atoms with Crippen molar-refractivity contribution < 1.29 is 18.1 Å². The van der Waals surface area contributed by atoms with Crippen molar-refractivity contribution in [3.05, 3.63) is 34.4 Å². The SMILES string of the molecule is NC(=O)C(N)CS(=O)(=O)c1ccc([N+](=O)[O-])cc1. The molecule has 0 saturated carbocycles. The number of nitrogens with two attached hydrogens (primary N) is 2. The summed E-state index contributed by atoms with van der Waals surface area (Å²) < 4.78 is 23.5. The van der Waals surface area contributed by atoms with Crippen LogP contribution in [-0.2, 0) is 14.6 Å². The number of hydrogen-bond donors (Lipinski definition) is 2. The minimum absolute atomic E-state index is 0.148. The van der Waals surface area contributed by atoms with Crippen LogP contribution in [-0.4, -0.2) is 31.0 Å². The highest BCUT2D eigenvalue weighted by Crippen LogP contribution is 2.17. The first-order valence-electron chi connectivity index (χ1n) is 4.76. The second-order valence-corrected chi connectivity index (χ2v) is 5.58. The van der Waals surface area contributed by atoms with Crippen molar-refractivity contribution in [3.63, 3.8) is 0 Å². The van der Waals surface area contributed by atoms with Gasteiger partial charge in [0, 0.05) is 12.1 Å². The molecule has 4 N–H and O–H groups in total. The molecule has 1 atom stereocenters. The van der Waals surface area contributed by atoms with E-state index < -0.39 is 32.5 Å². The van der Waals surface area contributed by atoms with Gasteiger partial charge >= 0.3 is 0 Å². The van der Waals surface area contributed by atoms with Crippen LogP contribution in [0, 0.1) is 10.1 Å². The van der Waals surface area contributed by atoms with Crippen LogP contribution in [0.25, 0.3) is 0 Å². The third kappa shape index (κ3) is 3.25. The van der Waals surface area contributed by atoms with Crippen LogP contribution in [0.15, 0.2) is 29.2 Å². The lowest BCUT2D eigenvalue weighted by Crippen LogP contribution is -2.41. The van der Waals surface area contributed by atoms with E-state index in [1.165, 1.54) is 0 Å².